The van der Waals surface area contributed by atoms with Gasteiger partial charge in [-0.1, -0.05) is 30.3 Å². The summed E-state index contributed by atoms with van der Waals surface area (Å²) in [6.07, 6.45) is 1.06. The number of fused-ring (bicyclic) bond motifs is 1. The molecule has 1 aliphatic heterocycles. The molecule has 8 heteroatoms. The number of methoxy groups -OCH3 is 2. The minimum absolute atomic E-state index is 0.289. The zero-order valence-electron chi connectivity index (χ0n) is 17.7. The van der Waals surface area contributed by atoms with Crippen LogP contribution in [0.15, 0.2) is 47.8 Å². The molecule has 0 aliphatic carbocycles. The van der Waals surface area contributed by atoms with Gasteiger partial charge in [0.15, 0.2) is 16.6 Å². The van der Waals surface area contributed by atoms with E-state index in [0.29, 0.717) is 23.2 Å². The van der Waals surface area contributed by atoms with Gasteiger partial charge in [0.2, 0.25) is 0 Å². The zero-order valence-corrected chi connectivity index (χ0v) is 18.5. The van der Waals surface area contributed by atoms with E-state index in [9.17, 15) is 4.79 Å². The summed E-state index contributed by atoms with van der Waals surface area (Å²) in [6, 6.07) is 13.9. The molecule has 31 heavy (non-hydrogen) atoms. The van der Waals surface area contributed by atoms with Gasteiger partial charge in [0.25, 0.3) is 0 Å². The molecule has 7 nitrogen and oxygen atoms in total. The van der Waals surface area contributed by atoms with Gasteiger partial charge in [0.05, 0.1) is 19.9 Å². The highest BCUT2D eigenvalue weighted by molar-refractivity contribution is 7.13. The van der Waals surface area contributed by atoms with Crippen molar-refractivity contribution >= 4 is 22.5 Å². The molecular formula is C23H26N4O3S. The number of urea groups is 1. The highest BCUT2D eigenvalue weighted by atomic mass is 32.1. The number of anilines is 1. The summed E-state index contributed by atoms with van der Waals surface area (Å²) in [5.41, 5.74) is 4.71. The number of thiazole rings is 1. The molecule has 0 radical (unpaired) electrons. The summed E-state index contributed by atoms with van der Waals surface area (Å²) in [7, 11) is 3.18. The lowest BCUT2D eigenvalue weighted by molar-refractivity contribution is 0.243. The first-order valence-electron chi connectivity index (χ1n) is 10.1. The van der Waals surface area contributed by atoms with E-state index in [0.717, 1.165) is 37.3 Å². The van der Waals surface area contributed by atoms with Gasteiger partial charge in [-0.15, -0.1) is 11.3 Å². The third-order valence-electron chi connectivity index (χ3n) is 5.27. The minimum Gasteiger partial charge on any atom is -0.493 e. The summed E-state index contributed by atoms with van der Waals surface area (Å²) >= 11 is 1.44. The van der Waals surface area contributed by atoms with E-state index in [4.69, 9.17) is 9.47 Å². The Hall–Kier alpha value is -3.10. The van der Waals surface area contributed by atoms with Gasteiger partial charge in [-0.2, -0.15) is 0 Å². The Morgan fingerprint density at radius 1 is 1.13 bits per heavy atom. The zero-order chi connectivity index (χ0) is 21.6. The topological polar surface area (TPSA) is 75.7 Å². The van der Waals surface area contributed by atoms with Gasteiger partial charge in [-0.3, -0.25) is 10.2 Å². The number of amides is 2. The van der Waals surface area contributed by atoms with Crippen LogP contribution in [0.5, 0.6) is 11.5 Å². The van der Waals surface area contributed by atoms with Gasteiger partial charge in [0.1, 0.15) is 0 Å². The lowest BCUT2D eigenvalue weighted by atomic mass is 10.00. The van der Waals surface area contributed by atoms with Crippen LogP contribution in [0.1, 0.15) is 22.4 Å². The molecule has 4 rings (SSSR count). The van der Waals surface area contributed by atoms with Crippen molar-refractivity contribution in [3.05, 3.63) is 70.2 Å². The molecule has 0 fully saturated rings. The monoisotopic (exact) mass is 438 g/mol. The van der Waals surface area contributed by atoms with Crippen LogP contribution in [0, 0.1) is 0 Å². The van der Waals surface area contributed by atoms with Crippen LogP contribution in [0.3, 0.4) is 0 Å². The normalized spacial score (nSPS) is 13.4. The van der Waals surface area contributed by atoms with Gasteiger partial charge >= 0.3 is 6.03 Å². The number of aromatic nitrogens is 1. The maximum Gasteiger partial charge on any atom is 0.321 e. The number of hydrogen-bond donors (Lipinski definition) is 2. The molecule has 1 aromatic heterocycles. The van der Waals surface area contributed by atoms with Crippen molar-refractivity contribution in [1.82, 2.24) is 15.2 Å². The lowest BCUT2D eigenvalue weighted by Crippen LogP contribution is -2.30. The summed E-state index contributed by atoms with van der Waals surface area (Å²) in [5, 5.41) is 8.27. The van der Waals surface area contributed by atoms with Crippen molar-refractivity contribution in [3.63, 3.8) is 0 Å². The standard InChI is InChI=1S/C23H26N4O3S/c1-29-20-8-7-16(11-21(20)30-2)12-24-22(28)26-23-25-19(15-31-23)14-27-10-9-17-5-3-4-6-18(17)13-27/h3-8,11,15H,9-10,12-14H2,1-2H3,(H2,24,25,26,28). The number of carbonyl (C=O) groups excluding carboxylic acids is 1. The van der Waals surface area contributed by atoms with E-state index in [2.05, 4.69) is 44.8 Å². The highest BCUT2D eigenvalue weighted by Gasteiger charge is 2.17. The Balaban J connectivity index is 1.27. The molecule has 0 saturated heterocycles. The van der Waals surface area contributed by atoms with Gasteiger partial charge in [-0.05, 0) is 35.2 Å². The number of nitrogens with zero attached hydrogens (tertiary/aromatic N) is 2. The Labute approximate surface area is 186 Å². The molecule has 2 N–H and O–H groups in total. The first-order valence-corrected chi connectivity index (χ1v) is 11.0. The first kappa shape index (κ1) is 21.1. The average Bonchev–Trinajstić information content (AvgIpc) is 3.23. The fourth-order valence-electron chi connectivity index (χ4n) is 3.67. The van der Waals surface area contributed by atoms with Crippen molar-refractivity contribution in [2.24, 2.45) is 0 Å². The smallest absolute Gasteiger partial charge is 0.321 e. The highest BCUT2D eigenvalue weighted by Crippen LogP contribution is 2.27. The number of carbonyl (C=O) groups is 1. The summed E-state index contributed by atoms with van der Waals surface area (Å²) in [6.45, 7) is 3.10. The first-order chi connectivity index (χ1) is 15.1. The molecule has 2 heterocycles. The van der Waals surface area contributed by atoms with Crippen LogP contribution in [0.25, 0.3) is 0 Å². The van der Waals surface area contributed by atoms with Crippen molar-refractivity contribution in [2.45, 2.75) is 26.1 Å². The Kier molecular flexibility index (Phi) is 6.69. The Bertz CT molecular complexity index is 1050. The molecule has 0 unspecified atom stereocenters. The van der Waals surface area contributed by atoms with E-state index in [-0.39, 0.29) is 6.03 Å². The number of nitrogens with one attached hydrogen (secondary N) is 2. The van der Waals surface area contributed by atoms with Crippen LogP contribution < -0.4 is 20.1 Å². The second kappa shape index (κ2) is 9.80. The number of rotatable bonds is 7. The molecular weight excluding hydrogens is 412 g/mol. The van der Waals surface area contributed by atoms with E-state index in [1.54, 1.807) is 14.2 Å². The van der Waals surface area contributed by atoms with Gasteiger partial charge in [0, 0.05) is 31.6 Å². The predicted molar refractivity (Wildman–Crippen MR) is 122 cm³/mol. The van der Waals surface area contributed by atoms with Gasteiger partial charge in [-0.25, -0.2) is 9.78 Å². The van der Waals surface area contributed by atoms with Crippen molar-refractivity contribution in [1.29, 1.82) is 0 Å². The second-order valence-electron chi connectivity index (χ2n) is 7.37. The Morgan fingerprint density at radius 3 is 2.74 bits per heavy atom. The van der Waals surface area contributed by atoms with Crippen LogP contribution in [0.4, 0.5) is 9.93 Å². The quantitative estimate of drug-likeness (QED) is 0.582. The summed E-state index contributed by atoms with van der Waals surface area (Å²) in [5.74, 6) is 1.29. The SMILES string of the molecule is COc1ccc(CNC(=O)Nc2nc(CN3CCc4ccccc4C3)cs2)cc1OC. The maximum absolute atomic E-state index is 12.3. The Morgan fingerprint density at radius 2 is 1.94 bits per heavy atom. The molecule has 1 aliphatic rings. The van der Waals surface area contributed by atoms with Crippen molar-refractivity contribution in [2.75, 3.05) is 26.1 Å². The summed E-state index contributed by atoms with van der Waals surface area (Å²) < 4.78 is 10.5. The van der Waals surface area contributed by atoms with E-state index in [1.807, 2.05) is 23.6 Å². The average molecular weight is 439 g/mol. The third kappa shape index (κ3) is 5.34. The van der Waals surface area contributed by atoms with E-state index < -0.39 is 0 Å². The third-order valence-corrected chi connectivity index (χ3v) is 6.08. The summed E-state index contributed by atoms with van der Waals surface area (Å²) in [4.78, 5) is 19.2. The molecule has 0 bridgehead atoms. The minimum atomic E-state index is -0.289. The molecule has 0 spiro atoms. The van der Waals surface area contributed by atoms with Crippen LogP contribution in [-0.2, 0) is 26.1 Å². The maximum atomic E-state index is 12.3. The van der Waals surface area contributed by atoms with Crippen LogP contribution in [-0.4, -0.2) is 36.7 Å². The lowest BCUT2D eigenvalue weighted by Gasteiger charge is -2.27. The predicted octanol–water partition coefficient (Wildman–Crippen LogP) is 4.04. The molecule has 2 amide bonds. The number of ether oxygens (including phenoxy) is 2. The van der Waals surface area contributed by atoms with Gasteiger partial charge < -0.3 is 14.8 Å². The number of benzene rings is 2. The van der Waals surface area contributed by atoms with E-state index >= 15 is 0 Å². The number of hydrogen-bond acceptors (Lipinski definition) is 6. The molecule has 162 valence electrons. The largest absolute Gasteiger partial charge is 0.493 e. The van der Waals surface area contributed by atoms with E-state index in [1.165, 1.54) is 22.5 Å². The molecule has 2 aromatic carbocycles. The molecule has 3 aromatic rings. The van der Waals surface area contributed by atoms with Crippen LogP contribution >= 0.6 is 11.3 Å². The fraction of sp³-hybridized carbons (Fsp3) is 0.304. The van der Waals surface area contributed by atoms with Crippen molar-refractivity contribution in [3.8, 4) is 11.5 Å². The molecule has 0 atom stereocenters. The van der Waals surface area contributed by atoms with Crippen molar-refractivity contribution < 1.29 is 14.3 Å². The van der Waals surface area contributed by atoms with Crippen LogP contribution in [0.2, 0.25) is 0 Å². The molecule has 0 saturated carbocycles. The second-order valence-corrected chi connectivity index (χ2v) is 8.23. The fourth-order valence-corrected chi connectivity index (χ4v) is 4.37.